The number of aliphatic hydroxyl groups excluding tert-OH is 1. The SMILES string of the molecule is CC\C=C(/C=C\C(C)=C\O)C(=O)c1ccc(NCC2CCOCC2)nc1NCC=O. The number of hydrogen-bond acceptors (Lipinski definition) is 7. The van der Waals surface area contributed by atoms with Gasteiger partial charge in [0.1, 0.15) is 17.9 Å². The highest BCUT2D eigenvalue weighted by Gasteiger charge is 2.18. The van der Waals surface area contributed by atoms with Crippen molar-refractivity contribution in [3.05, 3.63) is 53.3 Å². The van der Waals surface area contributed by atoms with Crippen LogP contribution in [0, 0.1) is 5.92 Å². The number of nitrogens with zero attached hydrogens (tertiary/aromatic N) is 1. The smallest absolute Gasteiger partial charge is 0.196 e. The second-order valence-corrected chi connectivity index (χ2v) is 7.18. The van der Waals surface area contributed by atoms with E-state index in [9.17, 15) is 9.59 Å². The molecule has 1 fully saturated rings. The van der Waals surface area contributed by atoms with Crippen molar-refractivity contribution in [1.29, 1.82) is 0 Å². The van der Waals surface area contributed by atoms with Gasteiger partial charge in [-0.05, 0) is 49.8 Å². The maximum absolute atomic E-state index is 13.1. The Morgan fingerprint density at radius 3 is 2.70 bits per heavy atom. The minimum atomic E-state index is -0.198. The van der Waals surface area contributed by atoms with Gasteiger partial charge in [0, 0.05) is 25.3 Å². The summed E-state index contributed by atoms with van der Waals surface area (Å²) in [6, 6.07) is 3.51. The maximum Gasteiger partial charge on any atom is 0.196 e. The summed E-state index contributed by atoms with van der Waals surface area (Å²) in [4.78, 5) is 28.5. The number of nitrogens with one attached hydrogen (secondary N) is 2. The zero-order valence-electron chi connectivity index (χ0n) is 17.7. The number of rotatable bonds is 11. The van der Waals surface area contributed by atoms with Gasteiger partial charge in [-0.2, -0.15) is 0 Å². The molecule has 1 saturated heterocycles. The Labute approximate surface area is 177 Å². The van der Waals surface area contributed by atoms with Crippen molar-refractivity contribution in [2.75, 3.05) is 36.9 Å². The van der Waals surface area contributed by atoms with Gasteiger partial charge in [-0.25, -0.2) is 4.98 Å². The number of aromatic nitrogens is 1. The summed E-state index contributed by atoms with van der Waals surface area (Å²) in [7, 11) is 0. The zero-order chi connectivity index (χ0) is 21.8. The third kappa shape index (κ3) is 7.15. The van der Waals surface area contributed by atoms with Crippen molar-refractivity contribution >= 4 is 23.7 Å². The lowest BCUT2D eigenvalue weighted by molar-refractivity contribution is -0.106. The maximum atomic E-state index is 13.1. The van der Waals surface area contributed by atoms with E-state index in [-0.39, 0.29) is 12.3 Å². The topological polar surface area (TPSA) is 101 Å². The highest BCUT2D eigenvalue weighted by atomic mass is 16.5. The number of allylic oxidation sites excluding steroid dienone is 5. The first-order valence-electron chi connectivity index (χ1n) is 10.3. The van der Waals surface area contributed by atoms with Gasteiger partial charge in [-0.3, -0.25) is 4.79 Å². The largest absolute Gasteiger partial charge is 0.515 e. The average Bonchev–Trinajstić information content (AvgIpc) is 2.79. The van der Waals surface area contributed by atoms with Crippen molar-refractivity contribution in [3.63, 3.8) is 0 Å². The molecule has 0 saturated carbocycles. The zero-order valence-corrected chi connectivity index (χ0v) is 17.7. The summed E-state index contributed by atoms with van der Waals surface area (Å²) in [5.41, 5.74) is 1.52. The van der Waals surface area contributed by atoms with Gasteiger partial charge in [0.05, 0.1) is 18.4 Å². The first kappa shape index (κ1) is 23.3. The molecular formula is C23H31N3O4. The molecule has 0 spiro atoms. The van der Waals surface area contributed by atoms with E-state index in [4.69, 9.17) is 9.84 Å². The molecule has 1 aromatic rings. The molecule has 1 aliphatic rings. The van der Waals surface area contributed by atoms with Gasteiger partial charge in [-0.15, -0.1) is 0 Å². The summed E-state index contributed by atoms with van der Waals surface area (Å²) < 4.78 is 5.39. The summed E-state index contributed by atoms with van der Waals surface area (Å²) in [5, 5.41) is 15.3. The number of aliphatic hydroxyl groups is 1. The van der Waals surface area contributed by atoms with Gasteiger partial charge in [0.25, 0.3) is 0 Å². The number of carbonyl (C=O) groups is 2. The fourth-order valence-corrected chi connectivity index (χ4v) is 3.09. The fourth-order valence-electron chi connectivity index (χ4n) is 3.09. The van der Waals surface area contributed by atoms with Crippen molar-refractivity contribution in [3.8, 4) is 0 Å². The Morgan fingerprint density at radius 2 is 2.03 bits per heavy atom. The number of pyridine rings is 1. The van der Waals surface area contributed by atoms with Crippen LogP contribution in [0.5, 0.6) is 0 Å². The van der Waals surface area contributed by atoms with E-state index in [0.717, 1.165) is 45.1 Å². The molecule has 0 atom stereocenters. The molecule has 0 aromatic carbocycles. The number of hydrogen-bond donors (Lipinski definition) is 3. The number of Topliss-reactive ketones (excluding diaryl/α,β-unsaturated/α-hetero) is 1. The van der Waals surface area contributed by atoms with Crippen LogP contribution in [-0.2, 0) is 9.53 Å². The van der Waals surface area contributed by atoms with Crippen molar-refractivity contribution in [1.82, 2.24) is 4.98 Å². The number of carbonyl (C=O) groups excluding carboxylic acids is 2. The molecular weight excluding hydrogens is 382 g/mol. The Hall–Kier alpha value is -2.93. The van der Waals surface area contributed by atoms with Crippen LogP contribution in [0.15, 0.2) is 47.8 Å². The normalized spacial score (nSPS) is 15.9. The second-order valence-electron chi connectivity index (χ2n) is 7.18. The van der Waals surface area contributed by atoms with Gasteiger partial charge >= 0.3 is 0 Å². The van der Waals surface area contributed by atoms with Crippen LogP contribution < -0.4 is 10.6 Å². The Bertz CT molecular complexity index is 809. The molecule has 1 aliphatic heterocycles. The molecule has 0 radical (unpaired) electrons. The van der Waals surface area contributed by atoms with Crippen molar-refractivity contribution in [2.24, 2.45) is 5.92 Å². The molecule has 7 nitrogen and oxygen atoms in total. The summed E-state index contributed by atoms with van der Waals surface area (Å²) in [6.07, 6.45) is 9.60. The minimum Gasteiger partial charge on any atom is -0.515 e. The van der Waals surface area contributed by atoms with Crippen LogP contribution in [-0.4, -0.2) is 48.5 Å². The van der Waals surface area contributed by atoms with E-state index in [1.54, 1.807) is 31.2 Å². The number of anilines is 2. The molecule has 2 rings (SSSR count). The van der Waals surface area contributed by atoms with Crippen LogP contribution in [0.3, 0.4) is 0 Å². The third-order valence-corrected chi connectivity index (χ3v) is 4.82. The Kier molecular flexibility index (Phi) is 9.80. The Morgan fingerprint density at radius 1 is 1.27 bits per heavy atom. The second kappa shape index (κ2) is 12.6. The predicted octanol–water partition coefficient (Wildman–Crippen LogP) is 4.07. The summed E-state index contributed by atoms with van der Waals surface area (Å²) >= 11 is 0. The van der Waals surface area contributed by atoms with Crippen LogP contribution in [0.4, 0.5) is 11.6 Å². The van der Waals surface area contributed by atoms with Crippen LogP contribution in [0.25, 0.3) is 0 Å². The number of aldehydes is 1. The monoisotopic (exact) mass is 413 g/mol. The Balaban J connectivity index is 2.23. The quantitative estimate of drug-likeness (QED) is 0.165. The first-order valence-corrected chi connectivity index (χ1v) is 10.3. The molecule has 30 heavy (non-hydrogen) atoms. The van der Waals surface area contributed by atoms with Crippen LogP contribution in [0.1, 0.15) is 43.5 Å². The molecule has 7 heteroatoms. The van der Waals surface area contributed by atoms with E-state index >= 15 is 0 Å². The fraction of sp³-hybridized carbons (Fsp3) is 0.435. The number of ketones is 1. The molecule has 162 valence electrons. The van der Waals surface area contributed by atoms with Gasteiger partial charge in [0.2, 0.25) is 0 Å². The van der Waals surface area contributed by atoms with Crippen LogP contribution in [0.2, 0.25) is 0 Å². The summed E-state index contributed by atoms with van der Waals surface area (Å²) in [5.74, 6) is 1.35. The highest BCUT2D eigenvalue weighted by molar-refractivity contribution is 6.13. The van der Waals surface area contributed by atoms with Crippen LogP contribution >= 0.6 is 0 Å². The third-order valence-electron chi connectivity index (χ3n) is 4.82. The highest BCUT2D eigenvalue weighted by Crippen LogP contribution is 2.22. The van der Waals surface area contributed by atoms with Crippen molar-refractivity contribution < 1.29 is 19.4 Å². The van der Waals surface area contributed by atoms with E-state index in [1.165, 1.54) is 0 Å². The lowest BCUT2D eigenvalue weighted by Crippen LogP contribution is -2.23. The molecule has 0 aliphatic carbocycles. The lowest BCUT2D eigenvalue weighted by atomic mass is 10.0. The molecule has 0 amide bonds. The van der Waals surface area contributed by atoms with Gasteiger partial charge < -0.3 is 25.3 Å². The average molecular weight is 414 g/mol. The summed E-state index contributed by atoms with van der Waals surface area (Å²) in [6.45, 7) is 6.10. The van der Waals surface area contributed by atoms with Gasteiger partial charge in [-0.1, -0.05) is 25.2 Å². The first-order chi connectivity index (χ1) is 14.6. The minimum absolute atomic E-state index is 0.0612. The standard InChI is InChI=1S/C23H31N3O4/c1-3-4-19(6-5-17(2)16-28)22(29)20-7-8-21(26-23(20)24-11-12-27)25-15-18-9-13-30-14-10-18/h4-8,12,16,18,28H,3,9-11,13-15H2,1-2H3,(H2,24,25,26)/b6-5-,17-16+,19-4+. The van der Waals surface area contributed by atoms with Gasteiger partial charge in [0.15, 0.2) is 5.78 Å². The van der Waals surface area contributed by atoms with E-state index < -0.39 is 0 Å². The molecule has 1 aromatic heterocycles. The van der Waals surface area contributed by atoms with E-state index in [2.05, 4.69) is 15.6 Å². The lowest BCUT2D eigenvalue weighted by Gasteiger charge is -2.22. The van der Waals surface area contributed by atoms with Crippen molar-refractivity contribution in [2.45, 2.75) is 33.1 Å². The molecule has 0 unspecified atom stereocenters. The molecule has 0 bridgehead atoms. The van der Waals surface area contributed by atoms with E-state index in [1.807, 2.05) is 13.0 Å². The molecule has 2 heterocycles. The molecule has 3 N–H and O–H groups in total. The number of ether oxygens (including phenoxy) is 1. The van der Waals surface area contributed by atoms with E-state index in [0.29, 0.717) is 40.7 Å². The predicted molar refractivity (Wildman–Crippen MR) is 119 cm³/mol.